The number of rotatable bonds is 1. The van der Waals surface area contributed by atoms with Crippen molar-refractivity contribution in [3.8, 4) is 0 Å². The molecular weight excluding hydrogens is 242 g/mol. The molecule has 1 aliphatic carbocycles. The van der Waals surface area contributed by atoms with Gasteiger partial charge in [0.05, 0.1) is 6.61 Å². The Labute approximate surface area is 92.3 Å². The highest BCUT2D eigenvalue weighted by Crippen LogP contribution is 2.28. The maximum atomic E-state index is 9.21. The number of aryl methyl sites for hydroxylation is 1. The zero-order chi connectivity index (χ0) is 10.2. The van der Waals surface area contributed by atoms with Crippen molar-refractivity contribution in [2.75, 3.05) is 6.61 Å². The zero-order valence-corrected chi connectivity index (χ0v) is 9.55. The molecular formula is C11H14BrNO. The van der Waals surface area contributed by atoms with Crippen molar-refractivity contribution in [1.29, 1.82) is 0 Å². The Balaban J connectivity index is 2.33. The standard InChI is InChI=1S/C11H14BrNO/c12-10-2-1-8-3-4-11(13,7-14)6-9(8)5-10/h1-2,5,14H,3-4,6-7,13H2/t11-/m0/s1. The Hall–Kier alpha value is -0.380. The van der Waals surface area contributed by atoms with Crippen LogP contribution in [0.5, 0.6) is 0 Å². The third-order valence-corrected chi connectivity index (χ3v) is 3.41. The van der Waals surface area contributed by atoms with Gasteiger partial charge in [-0.05, 0) is 42.5 Å². The van der Waals surface area contributed by atoms with Gasteiger partial charge in [0.15, 0.2) is 0 Å². The number of nitrogens with two attached hydrogens (primary N) is 1. The second kappa shape index (κ2) is 3.65. The summed E-state index contributed by atoms with van der Waals surface area (Å²) in [6.45, 7) is 0.0684. The van der Waals surface area contributed by atoms with Crippen molar-refractivity contribution in [2.24, 2.45) is 5.73 Å². The smallest absolute Gasteiger partial charge is 0.0614 e. The van der Waals surface area contributed by atoms with Crippen LogP contribution < -0.4 is 5.73 Å². The van der Waals surface area contributed by atoms with E-state index in [1.165, 1.54) is 11.1 Å². The molecule has 3 heteroatoms. The van der Waals surface area contributed by atoms with Crippen LogP contribution in [-0.4, -0.2) is 17.3 Å². The van der Waals surface area contributed by atoms with Gasteiger partial charge in [0.1, 0.15) is 0 Å². The summed E-state index contributed by atoms with van der Waals surface area (Å²) in [4.78, 5) is 0. The number of aliphatic hydroxyl groups excluding tert-OH is 1. The molecule has 0 fully saturated rings. The van der Waals surface area contributed by atoms with Gasteiger partial charge in [0.2, 0.25) is 0 Å². The Morgan fingerprint density at radius 2 is 2.21 bits per heavy atom. The fraction of sp³-hybridized carbons (Fsp3) is 0.455. The molecule has 1 aromatic rings. The summed E-state index contributed by atoms with van der Waals surface area (Å²) in [7, 11) is 0. The van der Waals surface area contributed by atoms with Crippen molar-refractivity contribution in [1.82, 2.24) is 0 Å². The molecule has 0 spiro atoms. The molecule has 0 bridgehead atoms. The molecule has 1 aromatic carbocycles. The molecule has 0 radical (unpaired) electrons. The fourth-order valence-electron chi connectivity index (χ4n) is 1.99. The van der Waals surface area contributed by atoms with E-state index in [0.29, 0.717) is 0 Å². The van der Waals surface area contributed by atoms with Crippen molar-refractivity contribution < 1.29 is 5.11 Å². The molecule has 2 nitrogen and oxygen atoms in total. The third kappa shape index (κ3) is 1.85. The number of halogens is 1. The first-order chi connectivity index (χ1) is 6.63. The molecule has 14 heavy (non-hydrogen) atoms. The van der Waals surface area contributed by atoms with E-state index in [-0.39, 0.29) is 6.61 Å². The molecule has 1 aliphatic rings. The van der Waals surface area contributed by atoms with Crippen LogP contribution in [0, 0.1) is 0 Å². The molecule has 2 rings (SSSR count). The predicted molar refractivity (Wildman–Crippen MR) is 60.2 cm³/mol. The van der Waals surface area contributed by atoms with Gasteiger partial charge in [-0.25, -0.2) is 0 Å². The van der Waals surface area contributed by atoms with Crippen molar-refractivity contribution >= 4 is 15.9 Å². The summed E-state index contributed by atoms with van der Waals surface area (Å²) >= 11 is 3.45. The normalized spacial score (nSPS) is 25.9. The number of hydrogen-bond donors (Lipinski definition) is 2. The van der Waals surface area contributed by atoms with Crippen LogP contribution in [0.1, 0.15) is 17.5 Å². The third-order valence-electron chi connectivity index (χ3n) is 2.92. The van der Waals surface area contributed by atoms with E-state index in [9.17, 15) is 5.11 Å². The lowest BCUT2D eigenvalue weighted by Crippen LogP contribution is -2.48. The van der Waals surface area contributed by atoms with Crippen LogP contribution in [0.3, 0.4) is 0 Å². The first-order valence-corrected chi connectivity index (χ1v) is 5.59. The summed E-state index contributed by atoms with van der Waals surface area (Å²) in [6, 6.07) is 6.30. The minimum Gasteiger partial charge on any atom is -0.394 e. The minimum absolute atomic E-state index is 0.0684. The van der Waals surface area contributed by atoms with Gasteiger partial charge in [0.25, 0.3) is 0 Å². The Morgan fingerprint density at radius 3 is 2.93 bits per heavy atom. The van der Waals surface area contributed by atoms with Gasteiger partial charge in [-0.3, -0.25) is 0 Å². The Morgan fingerprint density at radius 1 is 1.43 bits per heavy atom. The molecule has 0 aromatic heterocycles. The van der Waals surface area contributed by atoms with E-state index in [1.54, 1.807) is 0 Å². The largest absolute Gasteiger partial charge is 0.394 e. The van der Waals surface area contributed by atoms with E-state index < -0.39 is 5.54 Å². The van der Waals surface area contributed by atoms with Gasteiger partial charge in [-0.1, -0.05) is 22.0 Å². The van der Waals surface area contributed by atoms with Crippen LogP contribution in [0.4, 0.5) is 0 Å². The minimum atomic E-state index is -0.409. The van der Waals surface area contributed by atoms with Gasteiger partial charge in [-0.15, -0.1) is 0 Å². The lowest BCUT2D eigenvalue weighted by atomic mass is 9.79. The number of benzene rings is 1. The van der Waals surface area contributed by atoms with E-state index in [4.69, 9.17) is 5.73 Å². The maximum Gasteiger partial charge on any atom is 0.0614 e. The summed E-state index contributed by atoms with van der Waals surface area (Å²) in [6.07, 6.45) is 2.62. The number of fused-ring (bicyclic) bond motifs is 1. The molecule has 0 aliphatic heterocycles. The van der Waals surface area contributed by atoms with Gasteiger partial charge >= 0.3 is 0 Å². The second-order valence-electron chi connectivity index (χ2n) is 4.11. The summed E-state index contributed by atoms with van der Waals surface area (Å²) < 4.78 is 1.08. The fourth-order valence-corrected chi connectivity index (χ4v) is 2.40. The zero-order valence-electron chi connectivity index (χ0n) is 7.96. The number of aliphatic hydroxyl groups is 1. The average Bonchev–Trinajstić information content (AvgIpc) is 2.17. The molecule has 0 unspecified atom stereocenters. The van der Waals surface area contributed by atoms with Crippen LogP contribution in [-0.2, 0) is 12.8 Å². The van der Waals surface area contributed by atoms with Gasteiger partial charge in [-0.2, -0.15) is 0 Å². The second-order valence-corrected chi connectivity index (χ2v) is 5.03. The van der Waals surface area contributed by atoms with Crippen molar-refractivity contribution in [3.05, 3.63) is 33.8 Å². The van der Waals surface area contributed by atoms with Crippen LogP contribution in [0.15, 0.2) is 22.7 Å². The van der Waals surface area contributed by atoms with E-state index in [1.807, 2.05) is 0 Å². The predicted octanol–water partition coefficient (Wildman–Crippen LogP) is 1.63. The monoisotopic (exact) mass is 255 g/mol. The average molecular weight is 256 g/mol. The van der Waals surface area contributed by atoms with Gasteiger partial charge < -0.3 is 10.8 Å². The molecule has 0 saturated heterocycles. The van der Waals surface area contributed by atoms with Crippen molar-refractivity contribution in [2.45, 2.75) is 24.8 Å². The van der Waals surface area contributed by atoms with E-state index >= 15 is 0 Å². The van der Waals surface area contributed by atoms with E-state index in [0.717, 1.165) is 23.7 Å². The SMILES string of the molecule is N[C@@]1(CO)CCc2ccc(Br)cc2C1. The van der Waals surface area contributed by atoms with Crippen molar-refractivity contribution in [3.63, 3.8) is 0 Å². The lowest BCUT2D eigenvalue weighted by Gasteiger charge is -2.33. The molecule has 1 atom stereocenters. The first kappa shape index (κ1) is 10.1. The first-order valence-electron chi connectivity index (χ1n) is 4.80. The molecule has 0 amide bonds. The highest BCUT2D eigenvalue weighted by atomic mass is 79.9. The lowest BCUT2D eigenvalue weighted by molar-refractivity contribution is 0.181. The summed E-state index contributed by atoms with van der Waals surface area (Å²) in [5.41, 5.74) is 8.28. The van der Waals surface area contributed by atoms with Gasteiger partial charge in [0, 0.05) is 10.0 Å². The topological polar surface area (TPSA) is 46.2 Å². The van der Waals surface area contributed by atoms with Crippen LogP contribution >= 0.6 is 15.9 Å². The van der Waals surface area contributed by atoms with Crippen LogP contribution in [0.2, 0.25) is 0 Å². The highest BCUT2D eigenvalue weighted by molar-refractivity contribution is 9.10. The molecule has 3 N–H and O–H groups in total. The highest BCUT2D eigenvalue weighted by Gasteiger charge is 2.29. The summed E-state index contributed by atoms with van der Waals surface area (Å²) in [5, 5.41) is 9.21. The molecule has 76 valence electrons. The Kier molecular flexibility index (Phi) is 2.64. The molecule has 0 heterocycles. The Bertz CT molecular complexity index is 353. The van der Waals surface area contributed by atoms with E-state index in [2.05, 4.69) is 34.1 Å². The van der Waals surface area contributed by atoms with Crippen LogP contribution in [0.25, 0.3) is 0 Å². The molecule has 0 saturated carbocycles. The quantitative estimate of drug-likeness (QED) is 0.802. The maximum absolute atomic E-state index is 9.21. The number of hydrogen-bond acceptors (Lipinski definition) is 2. The summed E-state index contributed by atoms with van der Waals surface area (Å²) in [5.74, 6) is 0.